The first kappa shape index (κ1) is 20.8. The number of anilines is 1. The van der Waals surface area contributed by atoms with Crippen molar-refractivity contribution in [3.63, 3.8) is 0 Å². The average molecular weight is 523 g/mol. The van der Waals surface area contributed by atoms with Crippen LogP contribution in [0.15, 0.2) is 79.0 Å². The molecule has 1 aromatic heterocycles. The molecule has 31 heavy (non-hydrogen) atoms. The number of halogens is 1. The zero-order valence-corrected chi connectivity index (χ0v) is 18.4. The molecule has 7 heteroatoms. The third-order valence-corrected chi connectivity index (χ3v) is 5.33. The molecule has 0 bridgehead atoms. The highest BCUT2D eigenvalue weighted by Crippen LogP contribution is 2.29. The molecule has 4 rings (SSSR count). The maximum Gasteiger partial charge on any atom is 0.230 e. The molecule has 1 heterocycles. The zero-order chi connectivity index (χ0) is 21.8. The van der Waals surface area contributed by atoms with Crippen molar-refractivity contribution in [2.75, 3.05) is 5.32 Å². The second kappa shape index (κ2) is 9.13. The SMILES string of the molecule is O=C(Cc1ccc(I)cc1)Nc1ncc(-c2ccc(O)cc2)nc1-c1ccc(O)cc1. The quantitative estimate of drug-likeness (QED) is 0.320. The van der Waals surface area contributed by atoms with Crippen LogP contribution in [0.2, 0.25) is 0 Å². The minimum absolute atomic E-state index is 0.135. The van der Waals surface area contributed by atoms with Crippen LogP contribution in [-0.4, -0.2) is 26.1 Å². The van der Waals surface area contributed by atoms with E-state index < -0.39 is 0 Å². The number of phenols is 2. The van der Waals surface area contributed by atoms with Gasteiger partial charge in [0.05, 0.1) is 18.3 Å². The van der Waals surface area contributed by atoms with Crippen molar-refractivity contribution in [3.05, 3.63) is 88.1 Å². The molecule has 0 aliphatic carbocycles. The van der Waals surface area contributed by atoms with Crippen LogP contribution >= 0.6 is 22.6 Å². The van der Waals surface area contributed by atoms with Gasteiger partial charge in [0.15, 0.2) is 5.82 Å². The fraction of sp³-hybridized carbons (Fsp3) is 0.0417. The monoisotopic (exact) mass is 523 g/mol. The normalized spacial score (nSPS) is 10.6. The van der Waals surface area contributed by atoms with Gasteiger partial charge in [-0.3, -0.25) is 4.79 Å². The summed E-state index contributed by atoms with van der Waals surface area (Å²) >= 11 is 2.22. The minimum atomic E-state index is -0.201. The molecule has 1 amide bonds. The van der Waals surface area contributed by atoms with Gasteiger partial charge in [0.2, 0.25) is 5.91 Å². The van der Waals surface area contributed by atoms with E-state index in [1.807, 2.05) is 24.3 Å². The smallest absolute Gasteiger partial charge is 0.230 e. The summed E-state index contributed by atoms with van der Waals surface area (Å²) in [6, 6.07) is 20.9. The van der Waals surface area contributed by atoms with Crippen molar-refractivity contribution >= 4 is 34.3 Å². The van der Waals surface area contributed by atoms with Crippen molar-refractivity contribution in [1.82, 2.24) is 9.97 Å². The molecule has 0 aliphatic heterocycles. The minimum Gasteiger partial charge on any atom is -0.508 e. The number of benzene rings is 3. The molecule has 0 saturated carbocycles. The molecule has 3 N–H and O–H groups in total. The van der Waals surface area contributed by atoms with Gasteiger partial charge in [0.25, 0.3) is 0 Å². The van der Waals surface area contributed by atoms with E-state index in [1.165, 1.54) is 0 Å². The lowest BCUT2D eigenvalue weighted by Gasteiger charge is -2.12. The van der Waals surface area contributed by atoms with E-state index in [0.717, 1.165) is 14.7 Å². The number of nitrogens with zero attached hydrogens (tertiary/aromatic N) is 2. The first-order valence-electron chi connectivity index (χ1n) is 9.48. The van der Waals surface area contributed by atoms with Crippen LogP contribution in [0.4, 0.5) is 5.82 Å². The third kappa shape index (κ3) is 5.18. The molecule has 6 nitrogen and oxygen atoms in total. The Balaban J connectivity index is 1.67. The van der Waals surface area contributed by atoms with Crippen LogP contribution in [0.3, 0.4) is 0 Å². The maximum absolute atomic E-state index is 12.6. The molecule has 4 aromatic rings. The van der Waals surface area contributed by atoms with Gasteiger partial charge in [-0.2, -0.15) is 0 Å². The summed E-state index contributed by atoms with van der Waals surface area (Å²) < 4.78 is 1.10. The molecular formula is C24H18IN3O3. The van der Waals surface area contributed by atoms with E-state index in [-0.39, 0.29) is 23.8 Å². The summed E-state index contributed by atoms with van der Waals surface area (Å²) in [7, 11) is 0. The Hall–Kier alpha value is -3.46. The Bertz CT molecular complexity index is 1210. The fourth-order valence-corrected chi connectivity index (χ4v) is 3.40. The van der Waals surface area contributed by atoms with Crippen LogP contribution in [0.25, 0.3) is 22.5 Å². The van der Waals surface area contributed by atoms with Crippen LogP contribution in [0, 0.1) is 3.57 Å². The number of phenolic OH excluding ortho intramolecular Hbond substituents is 2. The Kier molecular flexibility index (Phi) is 6.13. The van der Waals surface area contributed by atoms with Crippen molar-refractivity contribution in [1.29, 1.82) is 0 Å². The van der Waals surface area contributed by atoms with Gasteiger partial charge >= 0.3 is 0 Å². The molecule has 0 aliphatic rings. The summed E-state index contributed by atoms with van der Waals surface area (Å²) in [5.41, 5.74) is 3.47. The molecule has 154 valence electrons. The van der Waals surface area contributed by atoms with E-state index in [0.29, 0.717) is 22.8 Å². The van der Waals surface area contributed by atoms with Crippen molar-refractivity contribution in [3.8, 4) is 34.0 Å². The third-order valence-electron chi connectivity index (χ3n) is 4.61. The molecule has 0 atom stereocenters. The van der Waals surface area contributed by atoms with E-state index >= 15 is 0 Å². The second-order valence-corrected chi connectivity index (χ2v) is 8.14. The number of amides is 1. The molecule has 0 fully saturated rings. The van der Waals surface area contributed by atoms with Gasteiger partial charge in [-0.25, -0.2) is 9.97 Å². The number of hydrogen-bond donors (Lipinski definition) is 3. The van der Waals surface area contributed by atoms with E-state index in [2.05, 4.69) is 32.9 Å². The molecular weight excluding hydrogens is 505 g/mol. The lowest BCUT2D eigenvalue weighted by atomic mass is 10.1. The standard InChI is InChI=1S/C24H18IN3O3/c25-18-7-1-15(2-8-18)13-22(31)28-24-23(17-5-11-20(30)12-6-17)27-21(14-26-24)16-3-9-19(29)10-4-16/h1-12,14,29-30H,13H2,(H,26,28,31). The van der Waals surface area contributed by atoms with E-state index in [1.54, 1.807) is 54.7 Å². The first-order chi connectivity index (χ1) is 15.0. The van der Waals surface area contributed by atoms with Gasteiger partial charge in [0, 0.05) is 14.7 Å². The van der Waals surface area contributed by atoms with Crippen molar-refractivity contribution in [2.24, 2.45) is 0 Å². The van der Waals surface area contributed by atoms with Gasteiger partial charge in [-0.05, 0) is 88.8 Å². The Morgan fingerprint density at radius 2 is 1.42 bits per heavy atom. The van der Waals surface area contributed by atoms with Gasteiger partial charge in [-0.1, -0.05) is 12.1 Å². The van der Waals surface area contributed by atoms with Crippen LogP contribution < -0.4 is 5.32 Å². The van der Waals surface area contributed by atoms with E-state index in [9.17, 15) is 15.0 Å². The Morgan fingerprint density at radius 3 is 2.03 bits per heavy atom. The predicted molar refractivity (Wildman–Crippen MR) is 128 cm³/mol. The fourth-order valence-electron chi connectivity index (χ4n) is 3.04. The number of aromatic hydroxyl groups is 2. The topological polar surface area (TPSA) is 95.3 Å². The number of aromatic nitrogens is 2. The highest BCUT2D eigenvalue weighted by molar-refractivity contribution is 14.1. The highest BCUT2D eigenvalue weighted by Gasteiger charge is 2.15. The van der Waals surface area contributed by atoms with Gasteiger partial charge in [-0.15, -0.1) is 0 Å². The lowest BCUT2D eigenvalue weighted by Crippen LogP contribution is -2.16. The summed E-state index contributed by atoms with van der Waals surface area (Å²) in [5.74, 6) is 0.433. The molecule has 0 spiro atoms. The number of carbonyl (C=O) groups excluding carboxylic acids is 1. The second-order valence-electron chi connectivity index (χ2n) is 6.90. The maximum atomic E-state index is 12.6. The molecule has 0 unspecified atom stereocenters. The van der Waals surface area contributed by atoms with Gasteiger partial charge in [0.1, 0.15) is 17.2 Å². The first-order valence-corrected chi connectivity index (χ1v) is 10.6. The zero-order valence-electron chi connectivity index (χ0n) is 16.3. The number of hydrogen-bond acceptors (Lipinski definition) is 5. The highest BCUT2D eigenvalue weighted by atomic mass is 127. The van der Waals surface area contributed by atoms with Crippen molar-refractivity contribution < 1.29 is 15.0 Å². The van der Waals surface area contributed by atoms with Crippen LogP contribution in [0.5, 0.6) is 11.5 Å². The number of carbonyl (C=O) groups is 1. The Labute approximate surface area is 192 Å². The van der Waals surface area contributed by atoms with Crippen LogP contribution in [0.1, 0.15) is 5.56 Å². The summed E-state index contributed by atoms with van der Waals surface area (Å²) in [5, 5.41) is 22.0. The largest absolute Gasteiger partial charge is 0.508 e. The molecule has 3 aromatic carbocycles. The predicted octanol–water partition coefficient (Wildman–Crippen LogP) is 5.01. The van der Waals surface area contributed by atoms with E-state index in [4.69, 9.17) is 4.98 Å². The average Bonchev–Trinajstić information content (AvgIpc) is 2.77. The Morgan fingerprint density at radius 1 is 0.839 bits per heavy atom. The number of rotatable bonds is 5. The summed E-state index contributed by atoms with van der Waals surface area (Å²) in [6.07, 6.45) is 1.80. The summed E-state index contributed by atoms with van der Waals surface area (Å²) in [6.45, 7) is 0. The van der Waals surface area contributed by atoms with Crippen molar-refractivity contribution in [2.45, 2.75) is 6.42 Å². The number of nitrogens with one attached hydrogen (secondary N) is 1. The molecule has 0 saturated heterocycles. The van der Waals surface area contributed by atoms with Crippen LogP contribution in [-0.2, 0) is 11.2 Å². The van der Waals surface area contributed by atoms with Gasteiger partial charge < -0.3 is 15.5 Å². The molecule has 0 radical (unpaired) electrons. The lowest BCUT2D eigenvalue weighted by molar-refractivity contribution is -0.115. The summed E-state index contributed by atoms with van der Waals surface area (Å²) in [4.78, 5) is 21.8.